The van der Waals surface area contributed by atoms with Crippen LogP contribution in [0.3, 0.4) is 0 Å². The van der Waals surface area contributed by atoms with Gasteiger partial charge in [0.05, 0.1) is 18.9 Å². The lowest BCUT2D eigenvalue weighted by molar-refractivity contribution is -0.151. The Labute approximate surface area is 167 Å². The number of likely N-dealkylation sites (tertiary alicyclic amines) is 1. The van der Waals surface area contributed by atoms with E-state index in [0.717, 1.165) is 5.56 Å². The number of nitrogens with one attached hydrogen (secondary N) is 1. The molecule has 1 aliphatic rings. The quantitative estimate of drug-likeness (QED) is 0.774. The lowest BCUT2D eigenvalue weighted by Gasteiger charge is -2.30. The van der Waals surface area contributed by atoms with Gasteiger partial charge in [-0.25, -0.2) is 4.98 Å². The molecule has 1 aromatic carbocycles. The number of H-pyrrole nitrogens is 1. The summed E-state index contributed by atoms with van der Waals surface area (Å²) in [5.74, 6) is -0.0808. The molecule has 2 heterocycles. The number of hydrogen-bond acceptors (Lipinski definition) is 5. The number of benzene rings is 1. The average Bonchev–Trinajstić information content (AvgIpc) is 2.70. The predicted molar refractivity (Wildman–Crippen MR) is 105 cm³/mol. The van der Waals surface area contributed by atoms with E-state index in [2.05, 4.69) is 9.97 Å². The van der Waals surface area contributed by atoms with Crippen LogP contribution in [0, 0.1) is 5.92 Å². The number of halogens is 1. The van der Waals surface area contributed by atoms with Gasteiger partial charge in [-0.15, -0.1) is 0 Å². The third-order valence-corrected chi connectivity index (χ3v) is 5.05. The molecule has 148 valence electrons. The van der Waals surface area contributed by atoms with Gasteiger partial charge >= 0.3 is 5.97 Å². The number of esters is 1. The van der Waals surface area contributed by atoms with E-state index in [4.69, 9.17) is 16.3 Å². The molecule has 8 heteroatoms. The number of amides is 1. The van der Waals surface area contributed by atoms with Gasteiger partial charge in [-0.1, -0.05) is 11.6 Å². The van der Waals surface area contributed by atoms with Gasteiger partial charge in [0.2, 0.25) is 5.91 Å². The zero-order chi connectivity index (χ0) is 20.1. The molecule has 1 aliphatic heterocycles. The first-order chi connectivity index (χ1) is 13.5. The minimum Gasteiger partial charge on any atom is -0.466 e. The lowest BCUT2D eigenvalue weighted by atomic mass is 9.96. The number of nitrogens with zero attached hydrogens (tertiary/aromatic N) is 2. The summed E-state index contributed by atoms with van der Waals surface area (Å²) in [4.78, 5) is 45.3. The maximum Gasteiger partial charge on any atom is 0.309 e. The van der Waals surface area contributed by atoms with Crippen molar-refractivity contribution in [2.45, 2.75) is 26.2 Å². The van der Waals surface area contributed by atoms with Crippen LogP contribution in [0.4, 0.5) is 0 Å². The van der Waals surface area contributed by atoms with Crippen LogP contribution in [0.5, 0.6) is 0 Å². The van der Waals surface area contributed by atoms with Crippen LogP contribution in [-0.2, 0) is 20.7 Å². The zero-order valence-electron chi connectivity index (χ0n) is 15.6. The monoisotopic (exact) mass is 403 g/mol. The van der Waals surface area contributed by atoms with Crippen molar-refractivity contribution < 1.29 is 14.3 Å². The highest BCUT2D eigenvalue weighted by Gasteiger charge is 2.28. The summed E-state index contributed by atoms with van der Waals surface area (Å²) >= 11 is 5.87. The average molecular weight is 404 g/mol. The molecule has 1 N–H and O–H groups in total. The zero-order valence-corrected chi connectivity index (χ0v) is 16.4. The highest BCUT2D eigenvalue weighted by atomic mass is 35.5. The molecule has 0 radical (unpaired) electrons. The van der Waals surface area contributed by atoms with Crippen LogP contribution in [-0.4, -0.2) is 46.4 Å². The Bertz CT molecular complexity index is 902. The summed E-state index contributed by atoms with van der Waals surface area (Å²) in [7, 11) is 0. The summed E-state index contributed by atoms with van der Waals surface area (Å²) < 4.78 is 5.04. The summed E-state index contributed by atoms with van der Waals surface area (Å²) in [6, 6.07) is 6.96. The summed E-state index contributed by atoms with van der Waals surface area (Å²) in [5, 5.41) is 0.597. The highest BCUT2D eigenvalue weighted by Crippen LogP contribution is 2.20. The first-order valence-corrected chi connectivity index (χ1v) is 9.64. The SMILES string of the molecule is CCOC(=O)C1CCN(C(=O)Cc2cnc(-c3ccc(Cl)cc3)[nH]c2=O)CC1. The highest BCUT2D eigenvalue weighted by molar-refractivity contribution is 6.30. The predicted octanol–water partition coefficient (Wildman–Crippen LogP) is 2.43. The van der Waals surface area contributed by atoms with E-state index < -0.39 is 0 Å². The molecule has 0 spiro atoms. The van der Waals surface area contributed by atoms with Crippen LogP contribution >= 0.6 is 11.6 Å². The third kappa shape index (κ3) is 4.78. The molecule has 0 bridgehead atoms. The first-order valence-electron chi connectivity index (χ1n) is 9.26. The lowest BCUT2D eigenvalue weighted by Crippen LogP contribution is -2.41. The molecule has 2 aromatic rings. The van der Waals surface area contributed by atoms with E-state index in [1.54, 1.807) is 36.1 Å². The molecule has 28 heavy (non-hydrogen) atoms. The Hall–Kier alpha value is -2.67. The minimum atomic E-state index is -0.338. The summed E-state index contributed by atoms with van der Waals surface area (Å²) in [5.41, 5.74) is 0.713. The molecule has 1 aromatic heterocycles. The topological polar surface area (TPSA) is 92.4 Å². The Morgan fingerprint density at radius 1 is 1.25 bits per heavy atom. The van der Waals surface area contributed by atoms with Gasteiger partial charge in [0.15, 0.2) is 0 Å². The van der Waals surface area contributed by atoms with Gasteiger partial charge in [0.25, 0.3) is 5.56 Å². The normalized spacial score (nSPS) is 14.7. The van der Waals surface area contributed by atoms with E-state index in [0.29, 0.717) is 48.9 Å². The van der Waals surface area contributed by atoms with Gasteiger partial charge < -0.3 is 14.6 Å². The maximum atomic E-state index is 12.5. The standard InChI is InChI=1S/C20H22ClN3O4/c1-2-28-20(27)14-7-9-24(10-8-14)17(25)11-15-12-22-18(23-19(15)26)13-3-5-16(21)6-4-13/h3-6,12,14H,2,7-11H2,1H3,(H,22,23,26). The molecule has 1 fully saturated rings. The molecular weight excluding hydrogens is 382 g/mol. The van der Waals surface area contributed by atoms with Gasteiger partial charge in [-0.2, -0.15) is 0 Å². The van der Waals surface area contributed by atoms with E-state index in [9.17, 15) is 14.4 Å². The molecule has 1 saturated heterocycles. The van der Waals surface area contributed by atoms with Crippen molar-refractivity contribution in [3.8, 4) is 11.4 Å². The number of hydrogen-bond donors (Lipinski definition) is 1. The van der Waals surface area contributed by atoms with E-state index >= 15 is 0 Å². The van der Waals surface area contributed by atoms with Crippen molar-refractivity contribution in [1.82, 2.24) is 14.9 Å². The number of carbonyl (C=O) groups excluding carboxylic acids is 2. The smallest absolute Gasteiger partial charge is 0.309 e. The number of ether oxygens (including phenoxy) is 1. The Kier molecular flexibility index (Phi) is 6.46. The van der Waals surface area contributed by atoms with Crippen molar-refractivity contribution in [1.29, 1.82) is 0 Å². The van der Waals surface area contributed by atoms with Gasteiger partial charge in [-0.05, 0) is 44.0 Å². The number of aromatic nitrogens is 2. The van der Waals surface area contributed by atoms with Crippen molar-refractivity contribution >= 4 is 23.5 Å². The van der Waals surface area contributed by atoms with Crippen molar-refractivity contribution in [2.75, 3.05) is 19.7 Å². The third-order valence-electron chi connectivity index (χ3n) is 4.80. The fourth-order valence-electron chi connectivity index (χ4n) is 3.20. The number of rotatable bonds is 5. The van der Waals surface area contributed by atoms with Gasteiger partial charge in [0, 0.05) is 35.4 Å². The number of carbonyl (C=O) groups is 2. The van der Waals surface area contributed by atoms with Crippen LogP contribution < -0.4 is 5.56 Å². The van der Waals surface area contributed by atoms with E-state index in [-0.39, 0.29) is 29.8 Å². The largest absolute Gasteiger partial charge is 0.466 e. The molecule has 0 saturated carbocycles. The molecule has 0 aliphatic carbocycles. The molecule has 3 rings (SSSR count). The maximum absolute atomic E-state index is 12.5. The van der Waals surface area contributed by atoms with Crippen LogP contribution in [0.25, 0.3) is 11.4 Å². The fraction of sp³-hybridized carbons (Fsp3) is 0.400. The Morgan fingerprint density at radius 3 is 2.54 bits per heavy atom. The number of piperidine rings is 1. The second-order valence-electron chi connectivity index (χ2n) is 6.68. The van der Waals surface area contributed by atoms with E-state index in [1.807, 2.05) is 0 Å². The molecular formula is C20H22ClN3O4. The molecule has 1 amide bonds. The fourth-order valence-corrected chi connectivity index (χ4v) is 3.33. The second-order valence-corrected chi connectivity index (χ2v) is 7.11. The van der Waals surface area contributed by atoms with Crippen LogP contribution in [0.15, 0.2) is 35.3 Å². The minimum absolute atomic E-state index is 0.0205. The summed E-state index contributed by atoms with van der Waals surface area (Å²) in [6.45, 7) is 3.10. The van der Waals surface area contributed by atoms with Crippen molar-refractivity contribution in [3.05, 3.63) is 51.4 Å². The molecule has 0 atom stereocenters. The number of aromatic amines is 1. The van der Waals surface area contributed by atoms with Crippen molar-refractivity contribution in [3.63, 3.8) is 0 Å². The second kappa shape index (κ2) is 9.01. The molecule has 7 nitrogen and oxygen atoms in total. The van der Waals surface area contributed by atoms with Crippen molar-refractivity contribution in [2.24, 2.45) is 5.92 Å². The van der Waals surface area contributed by atoms with Gasteiger partial charge in [-0.3, -0.25) is 14.4 Å². The van der Waals surface area contributed by atoms with E-state index in [1.165, 1.54) is 6.20 Å². The Balaban J connectivity index is 1.61. The van der Waals surface area contributed by atoms with Crippen LogP contribution in [0.1, 0.15) is 25.3 Å². The van der Waals surface area contributed by atoms with Crippen LogP contribution in [0.2, 0.25) is 5.02 Å². The summed E-state index contributed by atoms with van der Waals surface area (Å²) in [6.07, 6.45) is 2.57. The molecule has 0 unspecified atom stereocenters. The Morgan fingerprint density at radius 2 is 1.93 bits per heavy atom. The first kappa shape index (κ1) is 20.1. The van der Waals surface area contributed by atoms with Gasteiger partial charge in [0.1, 0.15) is 5.82 Å².